The molecule has 4 rings (SSSR count). The number of nitrogens with zero attached hydrogens (tertiary/aromatic N) is 3. The average molecular weight is 405 g/mol. The van der Waals surface area contributed by atoms with Crippen LogP contribution in [-0.2, 0) is 16.6 Å². The molecule has 0 unspecified atom stereocenters. The van der Waals surface area contributed by atoms with E-state index in [1.807, 2.05) is 25.2 Å². The Bertz CT molecular complexity index is 824. The molecule has 7 nitrogen and oxygen atoms in total. The maximum atomic E-state index is 12.1. The summed E-state index contributed by atoms with van der Waals surface area (Å²) in [6.07, 6.45) is 3.55. The third-order valence-electron chi connectivity index (χ3n) is 5.11. The average Bonchev–Trinajstić information content (AvgIpc) is 3.49. The van der Waals surface area contributed by atoms with Crippen LogP contribution in [0.2, 0.25) is 5.02 Å². The van der Waals surface area contributed by atoms with Crippen molar-refractivity contribution < 1.29 is 14.3 Å². The molecule has 0 radical (unpaired) electrons. The van der Waals surface area contributed by atoms with Crippen molar-refractivity contribution in [1.29, 1.82) is 0 Å². The summed E-state index contributed by atoms with van der Waals surface area (Å²) in [6, 6.07) is 5.67. The van der Waals surface area contributed by atoms with Gasteiger partial charge in [0, 0.05) is 43.9 Å². The van der Waals surface area contributed by atoms with E-state index in [9.17, 15) is 4.79 Å². The number of amides is 1. The first kappa shape index (κ1) is 19.2. The Balaban J connectivity index is 1.52. The molecule has 1 saturated heterocycles. The predicted octanol–water partition coefficient (Wildman–Crippen LogP) is 2.80. The number of ether oxygens (including phenoxy) is 2. The van der Waals surface area contributed by atoms with Gasteiger partial charge in [0.2, 0.25) is 5.91 Å². The van der Waals surface area contributed by atoms with E-state index in [4.69, 9.17) is 21.1 Å². The lowest BCUT2D eigenvalue weighted by Crippen LogP contribution is -2.38. The normalized spacial score (nSPS) is 17.5. The second-order valence-corrected chi connectivity index (χ2v) is 7.65. The fourth-order valence-corrected chi connectivity index (χ4v) is 3.60. The largest absolute Gasteiger partial charge is 0.492 e. The van der Waals surface area contributed by atoms with Crippen LogP contribution in [0, 0.1) is 5.92 Å². The quantitative estimate of drug-likeness (QED) is 0.768. The van der Waals surface area contributed by atoms with E-state index in [1.165, 1.54) is 0 Å². The van der Waals surface area contributed by atoms with Gasteiger partial charge in [0.05, 0.1) is 30.1 Å². The summed E-state index contributed by atoms with van der Waals surface area (Å²) >= 11 is 6.38. The number of hydrogen-bond acceptors (Lipinski definition) is 5. The van der Waals surface area contributed by atoms with E-state index in [0.717, 1.165) is 68.4 Å². The lowest BCUT2D eigenvalue weighted by molar-refractivity contribution is -0.117. The maximum Gasteiger partial charge on any atom is 0.227 e. The summed E-state index contributed by atoms with van der Waals surface area (Å²) in [6.45, 7) is 4.79. The molecule has 0 atom stereocenters. The van der Waals surface area contributed by atoms with Gasteiger partial charge in [-0.2, -0.15) is 5.10 Å². The minimum atomic E-state index is 0.0723. The topological polar surface area (TPSA) is 68.6 Å². The number of nitrogens with one attached hydrogen (secondary N) is 1. The van der Waals surface area contributed by atoms with Crippen molar-refractivity contribution in [1.82, 2.24) is 14.7 Å². The highest BCUT2D eigenvalue weighted by molar-refractivity contribution is 6.33. The fourth-order valence-electron chi connectivity index (χ4n) is 3.33. The lowest BCUT2D eigenvalue weighted by Gasteiger charge is -2.26. The smallest absolute Gasteiger partial charge is 0.227 e. The van der Waals surface area contributed by atoms with E-state index in [1.54, 1.807) is 10.9 Å². The highest BCUT2D eigenvalue weighted by Crippen LogP contribution is 2.37. The molecule has 28 heavy (non-hydrogen) atoms. The molecule has 2 aliphatic rings. The fraction of sp³-hybridized carbons (Fsp3) is 0.500. The second-order valence-electron chi connectivity index (χ2n) is 7.24. The number of halogens is 1. The minimum Gasteiger partial charge on any atom is -0.492 e. The molecule has 1 saturated carbocycles. The van der Waals surface area contributed by atoms with Crippen LogP contribution in [0.15, 0.2) is 24.4 Å². The Morgan fingerprint density at radius 2 is 2.14 bits per heavy atom. The van der Waals surface area contributed by atoms with Crippen molar-refractivity contribution in [3.05, 3.63) is 29.4 Å². The number of morpholine rings is 1. The van der Waals surface area contributed by atoms with Crippen LogP contribution in [0.1, 0.15) is 12.8 Å². The lowest BCUT2D eigenvalue weighted by atomic mass is 10.1. The molecule has 150 valence electrons. The zero-order valence-corrected chi connectivity index (χ0v) is 16.7. The highest BCUT2D eigenvalue weighted by atomic mass is 35.5. The molecule has 0 spiro atoms. The maximum absolute atomic E-state index is 12.1. The third-order valence-corrected chi connectivity index (χ3v) is 5.39. The predicted molar refractivity (Wildman–Crippen MR) is 108 cm³/mol. The van der Waals surface area contributed by atoms with Crippen LogP contribution < -0.4 is 10.1 Å². The van der Waals surface area contributed by atoms with Gasteiger partial charge in [0.25, 0.3) is 0 Å². The number of benzene rings is 1. The number of aryl methyl sites for hydroxylation is 1. The van der Waals surface area contributed by atoms with Crippen molar-refractivity contribution in [2.24, 2.45) is 13.0 Å². The number of hydrogen-bond donors (Lipinski definition) is 1. The van der Waals surface area contributed by atoms with E-state index < -0.39 is 0 Å². The molecule has 2 aromatic rings. The molecule has 2 heterocycles. The van der Waals surface area contributed by atoms with Crippen molar-refractivity contribution in [2.75, 3.05) is 44.8 Å². The van der Waals surface area contributed by atoms with Crippen LogP contribution in [0.3, 0.4) is 0 Å². The molecule has 1 N–H and O–H groups in total. The molecule has 1 aromatic carbocycles. The number of anilines is 1. The third kappa shape index (κ3) is 4.48. The van der Waals surface area contributed by atoms with E-state index in [2.05, 4.69) is 15.3 Å². The summed E-state index contributed by atoms with van der Waals surface area (Å²) < 4.78 is 13.2. The van der Waals surface area contributed by atoms with Gasteiger partial charge in [-0.1, -0.05) is 11.6 Å². The number of carbonyl (C=O) groups excluding carboxylic acids is 1. The summed E-state index contributed by atoms with van der Waals surface area (Å²) in [7, 11) is 1.84. The van der Waals surface area contributed by atoms with Gasteiger partial charge < -0.3 is 14.8 Å². The van der Waals surface area contributed by atoms with Crippen LogP contribution >= 0.6 is 11.6 Å². The van der Waals surface area contributed by atoms with E-state index >= 15 is 0 Å². The Morgan fingerprint density at radius 1 is 1.36 bits per heavy atom. The van der Waals surface area contributed by atoms with Gasteiger partial charge >= 0.3 is 0 Å². The van der Waals surface area contributed by atoms with Crippen LogP contribution in [0.4, 0.5) is 5.69 Å². The van der Waals surface area contributed by atoms with E-state index in [0.29, 0.717) is 11.6 Å². The Morgan fingerprint density at radius 3 is 2.82 bits per heavy atom. The Labute approximate surface area is 169 Å². The molecular weight excluding hydrogens is 380 g/mol. The highest BCUT2D eigenvalue weighted by Gasteiger charge is 2.29. The number of carbonyl (C=O) groups is 1. The summed E-state index contributed by atoms with van der Waals surface area (Å²) in [5.74, 6) is 0.944. The SMILES string of the molecule is Cn1ncc(Cl)c1-c1cc(NC(=O)C2CC2)ccc1OCCN1CCOCC1. The van der Waals surface area contributed by atoms with Gasteiger partial charge in [-0.25, -0.2) is 0 Å². The van der Waals surface area contributed by atoms with Gasteiger partial charge in [-0.15, -0.1) is 0 Å². The molecule has 0 bridgehead atoms. The van der Waals surface area contributed by atoms with Crippen LogP contribution in [0.5, 0.6) is 5.75 Å². The molecule has 1 aliphatic carbocycles. The number of rotatable bonds is 7. The molecule has 2 fully saturated rings. The standard InChI is InChI=1S/C20H25ClN4O3/c1-24-19(17(21)13-22-24)16-12-15(23-20(26)14-2-3-14)4-5-18(16)28-11-8-25-6-9-27-10-7-25/h4-5,12-14H,2-3,6-11H2,1H3,(H,23,26). The second kappa shape index (κ2) is 8.51. The summed E-state index contributed by atoms with van der Waals surface area (Å²) in [4.78, 5) is 14.5. The molecular formula is C20H25ClN4O3. The first-order valence-corrected chi connectivity index (χ1v) is 10.1. The monoisotopic (exact) mass is 404 g/mol. The number of aromatic nitrogens is 2. The van der Waals surface area contributed by atoms with Crippen molar-refractivity contribution in [3.63, 3.8) is 0 Å². The van der Waals surface area contributed by atoms with Gasteiger partial charge in [-0.3, -0.25) is 14.4 Å². The Kier molecular flexibility index (Phi) is 5.85. The van der Waals surface area contributed by atoms with Gasteiger partial charge in [0.1, 0.15) is 12.4 Å². The zero-order valence-electron chi connectivity index (χ0n) is 16.0. The van der Waals surface area contributed by atoms with Crippen LogP contribution in [-0.4, -0.2) is 60.0 Å². The van der Waals surface area contributed by atoms with Crippen molar-refractivity contribution >= 4 is 23.2 Å². The van der Waals surface area contributed by atoms with Gasteiger partial charge in [-0.05, 0) is 31.0 Å². The summed E-state index contributed by atoms with van der Waals surface area (Å²) in [5, 5.41) is 7.77. The molecule has 1 amide bonds. The Hall–Kier alpha value is -2.09. The van der Waals surface area contributed by atoms with Gasteiger partial charge in [0.15, 0.2) is 0 Å². The zero-order chi connectivity index (χ0) is 19.5. The molecule has 1 aromatic heterocycles. The molecule has 1 aliphatic heterocycles. The molecule has 8 heteroatoms. The first-order chi connectivity index (χ1) is 13.6. The minimum absolute atomic E-state index is 0.0723. The van der Waals surface area contributed by atoms with Crippen molar-refractivity contribution in [3.8, 4) is 17.0 Å². The summed E-state index contributed by atoms with van der Waals surface area (Å²) in [5.41, 5.74) is 2.33. The van der Waals surface area contributed by atoms with Crippen molar-refractivity contribution in [2.45, 2.75) is 12.8 Å². The van der Waals surface area contributed by atoms with Crippen LogP contribution in [0.25, 0.3) is 11.3 Å². The van der Waals surface area contributed by atoms with E-state index in [-0.39, 0.29) is 11.8 Å². The first-order valence-electron chi connectivity index (χ1n) is 9.67.